The van der Waals surface area contributed by atoms with Gasteiger partial charge in [-0.25, -0.2) is 9.18 Å². The van der Waals surface area contributed by atoms with E-state index in [-0.39, 0.29) is 23.9 Å². The molecule has 0 aliphatic carbocycles. The number of carbonyl (C=O) groups excluding carboxylic acids is 1. The predicted octanol–water partition coefficient (Wildman–Crippen LogP) is 2.88. The highest BCUT2D eigenvalue weighted by Gasteiger charge is 2.33. The second-order valence-electron chi connectivity index (χ2n) is 6.51. The van der Waals surface area contributed by atoms with Crippen LogP contribution in [0.3, 0.4) is 0 Å². The highest BCUT2D eigenvalue weighted by Crippen LogP contribution is 2.28. The number of nitrogens with zero attached hydrogens (tertiary/aromatic N) is 1. The van der Waals surface area contributed by atoms with Crippen LogP contribution >= 0.6 is 0 Å². The number of likely N-dealkylation sites (tertiary alicyclic amines) is 1. The van der Waals surface area contributed by atoms with Gasteiger partial charge in [0.05, 0.1) is 0 Å². The smallest absolute Gasteiger partial charge is 0.410 e. The number of hydrogen-bond donors (Lipinski definition) is 1. The Morgan fingerprint density at radius 2 is 2.05 bits per heavy atom. The van der Waals surface area contributed by atoms with E-state index in [4.69, 9.17) is 10.5 Å². The van der Waals surface area contributed by atoms with Gasteiger partial charge in [-0.2, -0.15) is 0 Å². The summed E-state index contributed by atoms with van der Waals surface area (Å²) >= 11 is 0. The Morgan fingerprint density at radius 3 is 2.67 bits per heavy atom. The minimum atomic E-state index is -0.538. The van der Waals surface area contributed by atoms with Crippen molar-refractivity contribution in [1.82, 2.24) is 4.90 Å². The Morgan fingerprint density at radius 1 is 1.38 bits per heavy atom. The Bertz CT molecular complexity index is 513. The van der Waals surface area contributed by atoms with Crippen LogP contribution in [0.5, 0.6) is 0 Å². The number of halogens is 1. The van der Waals surface area contributed by atoms with Crippen LogP contribution in [-0.4, -0.2) is 35.7 Å². The molecule has 0 spiro atoms. The third kappa shape index (κ3) is 3.94. The molecule has 1 aromatic carbocycles. The van der Waals surface area contributed by atoms with Gasteiger partial charge in [-0.05, 0) is 38.8 Å². The molecule has 0 aromatic heterocycles. The number of ether oxygens (including phenoxy) is 1. The molecule has 2 rings (SSSR count). The lowest BCUT2D eigenvalue weighted by Gasteiger charge is -2.37. The van der Waals surface area contributed by atoms with E-state index in [2.05, 4.69) is 0 Å². The highest BCUT2D eigenvalue weighted by molar-refractivity contribution is 5.68. The summed E-state index contributed by atoms with van der Waals surface area (Å²) in [5.41, 5.74) is 6.15. The van der Waals surface area contributed by atoms with Crippen LogP contribution in [0.15, 0.2) is 24.3 Å². The van der Waals surface area contributed by atoms with Gasteiger partial charge in [0.2, 0.25) is 0 Å². The van der Waals surface area contributed by atoms with E-state index >= 15 is 0 Å². The average molecular weight is 294 g/mol. The lowest BCUT2D eigenvalue weighted by Crippen LogP contribution is -2.49. The van der Waals surface area contributed by atoms with Gasteiger partial charge in [-0.3, -0.25) is 0 Å². The van der Waals surface area contributed by atoms with Gasteiger partial charge < -0.3 is 15.4 Å². The van der Waals surface area contributed by atoms with Crippen LogP contribution in [-0.2, 0) is 4.74 Å². The van der Waals surface area contributed by atoms with Crippen molar-refractivity contribution in [3.63, 3.8) is 0 Å². The van der Waals surface area contributed by atoms with E-state index in [1.165, 1.54) is 6.07 Å². The minimum absolute atomic E-state index is 0.152. The fourth-order valence-electron chi connectivity index (χ4n) is 2.57. The van der Waals surface area contributed by atoms with Crippen molar-refractivity contribution in [2.75, 3.05) is 13.1 Å². The topological polar surface area (TPSA) is 55.6 Å². The zero-order valence-corrected chi connectivity index (χ0v) is 12.8. The first-order chi connectivity index (χ1) is 9.78. The second kappa shape index (κ2) is 6.02. The molecular weight excluding hydrogens is 271 g/mol. The van der Waals surface area contributed by atoms with E-state index < -0.39 is 5.60 Å². The van der Waals surface area contributed by atoms with Gasteiger partial charge in [-0.1, -0.05) is 18.2 Å². The summed E-state index contributed by atoms with van der Waals surface area (Å²) in [5, 5.41) is 0. The van der Waals surface area contributed by atoms with Crippen LogP contribution in [0.4, 0.5) is 9.18 Å². The van der Waals surface area contributed by atoms with E-state index in [0.29, 0.717) is 25.1 Å². The van der Waals surface area contributed by atoms with Gasteiger partial charge in [-0.15, -0.1) is 0 Å². The molecule has 0 radical (unpaired) electrons. The Labute approximate surface area is 125 Å². The van der Waals surface area contributed by atoms with Gasteiger partial charge in [0.15, 0.2) is 0 Å². The molecule has 0 saturated carbocycles. The molecule has 5 heteroatoms. The molecule has 2 unspecified atom stereocenters. The molecule has 1 aromatic rings. The zero-order valence-electron chi connectivity index (χ0n) is 12.8. The molecule has 4 nitrogen and oxygen atoms in total. The van der Waals surface area contributed by atoms with E-state index in [0.717, 1.165) is 0 Å². The number of hydrogen-bond acceptors (Lipinski definition) is 3. The first-order valence-electron chi connectivity index (χ1n) is 7.26. The lowest BCUT2D eigenvalue weighted by atomic mass is 9.86. The molecule has 116 valence electrons. The van der Waals surface area contributed by atoms with Crippen molar-refractivity contribution in [2.45, 2.75) is 44.8 Å². The zero-order chi connectivity index (χ0) is 15.6. The highest BCUT2D eigenvalue weighted by atomic mass is 19.1. The van der Waals surface area contributed by atoms with Crippen molar-refractivity contribution in [3.05, 3.63) is 35.6 Å². The monoisotopic (exact) mass is 294 g/mol. The summed E-state index contributed by atoms with van der Waals surface area (Å²) in [6, 6.07) is 6.45. The van der Waals surface area contributed by atoms with Gasteiger partial charge >= 0.3 is 6.09 Å². The van der Waals surface area contributed by atoms with Crippen LogP contribution < -0.4 is 5.73 Å². The first kappa shape index (κ1) is 15.8. The Balaban J connectivity index is 2.13. The number of piperidine rings is 1. The molecule has 2 N–H and O–H groups in total. The molecule has 1 saturated heterocycles. The fraction of sp³-hybridized carbons (Fsp3) is 0.562. The first-order valence-corrected chi connectivity index (χ1v) is 7.26. The van der Waals surface area contributed by atoms with Crippen LogP contribution in [0.1, 0.15) is 38.7 Å². The summed E-state index contributed by atoms with van der Waals surface area (Å²) in [5.74, 6) is -0.476. The summed E-state index contributed by atoms with van der Waals surface area (Å²) in [6.07, 6.45) is 0.272. The molecule has 0 bridgehead atoms. The van der Waals surface area contributed by atoms with Gasteiger partial charge in [0.1, 0.15) is 11.4 Å². The Kier molecular flexibility index (Phi) is 4.52. The molecule has 1 fully saturated rings. The van der Waals surface area contributed by atoms with E-state index in [9.17, 15) is 9.18 Å². The number of rotatable bonds is 1. The summed E-state index contributed by atoms with van der Waals surface area (Å²) in [7, 11) is 0. The fourth-order valence-corrected chi connectivity index (χ4v) is 2.57. The van der Waals surface area contributed by atoms with Crippen molar-refractivity contribution < 1.29 is 13.9 Å². The molecular formula is C16H23FN2O2. The third-order valence-corrected chi connectivity index (χ3v) is 3.62. The number of carbonyl (C=O) groups is 1. The maximum Gasteiger partial charge on any atom is 0.410 e. The largest absolute Gasteiger partial charge is 0.444 e. The summed E-state index contributed by atoms with van der Waals surface area (Å²) < 4.78 is 19.3. The predicted molar refractivity (Wildman–Crippen MR) is 79.5 cm³/mol. The standard InChI is InChI=1S/C16H23FN2O2/c1-16(2,3)21-15(20)19-9-8-14(18)12(10-19)11-6-4-5-7-13(11)17/h4-7,12,14H,8-10,18H2,1-3H3. The molecule has 1 heterocycles. The number of benzene rings is 1. The van der Waals surface area contributed by atoms with Crippen LogP contribution in [0.2, 0.25) is 0 Å². The van der Waals surface area contributed by atoms with Crippen molar-refractivity contribution >= 4 is 6.09 Å². The number of amides is 1. The van der Waals surface area contributed by atoms with Crippen molar-refractivity contribution in [3.8, 4) is 0 Å². The second-order valence-corrected chi connectivity index (χ2v) is 6.51. The molecule has 1 amide bonds. The average Bonchev–Trinajstić information content (AvgIpc) is 2.38. The minimum Gasteiger partial charge on any atom is -0.444 e. The molecule has 1 aliphatic heterocycles. The van der Waals surface area contributed by atoms with E-state index in [1.807, 2.05) is 20.8 Å². The van der Waals surface area contributed by atoms with E-state index in [1.54, 1.807) is 23.1 Å². The van der Waals surface area contributed by atoms with Crippen LogP contribution in [0, 0.1) is 5.82 Å². The quantitative estimate of drug-likeness (QED) is 0.866. The third-order valence-electron chi connectivity index (χ3n) is 3.62. The summed E-state index contributed by atoms with van der Waals surface area (Å²) in [4.78, 5) is 13.8. The van der Waals surface area contributed by atoms with Gasteiger partial charge in [0.25, 0.3) is 0 Å². The SMILES string of the molecule is CC(C)(C)OC(=O)N1CCC(N)C(c2ccccc2F)C1. The Hall–Kier alpha value is -1.62. The summed E-state index contributed by atoms with van der Waals surface area (Å²) in [6.45, 7) is 6.41. The van der Waals surface area contributed by atoms with Crippen molar-refractivity contribution in [2.24, 2.45) is 5.73 Å². The molecule has 21 heavy (non-hydrogen) atoms. The van der Waals surface area contributed by atoms with Crippen molar-refractivity contribution in [1.29, 1.82) is 0 Å². The maximum absolute atomic E-state index is 14.0. The normalized spacial score (nSPS) is 23.0. The maximum atomic E-state index is 14.0. The number of nitrogens with two attached hydrogens (primary N) is 1. The lowest BCUT2D eigenvalue weighted by molar-refractivity contribution is 0.0185. The molecule has 2 atom stereocenters. The van der Waals surface area contributed by atoms with Gasteiger partial charge in [0, 0.05) is 25.0 Å². The van der Waals surface area contributed by atoms with Crippen LogP contribution in [0.25, 0.3) is 0 Å². The molecule has 1 aliphatic rings.